The molecule has 0 radical (unpaired) electrons. The third-order valence-electron chi connectivity index (χ3n) is 1.20. The Labute approximate surface area is 63.8 Å². The molecule has 11 heavy (non-hydrogen) atoms. The zero-order valence-corrected chi connectivity index (χ0v) is 5.79. The van der Waals surface area contributed by atoms with Crippen LogP contribution in [0.25, 0.3) is 0 Å². The highest BCUT2D eigenvalue weighted by atomic mass is 16.1. The molecule has 0 unspecified atom stereocenters. The van der Waals surface area contributed by atoms with Gasteiger partial charge in [-0.25, -0.2) is 0 Å². The number of carbonyl (C=O) groups excluding carboxylic acids is 1. The number of nitriles is 1. The Hall–Kier alpha value is -1.76. The molecule has 0 bridgehead atoms. The minimum absolute atomic E-state index is 0.374. The summed E-state index contributed by atoms with van der Waals surface area (Å²) >= 11 is 0. The monoisotopic (exact) mass is 149 g/mol. The first-order valence-corrected chi connectivity index (χ1v) is 3.13. The molecule has 0 fully saturated rings. The van der Waals surface area contributed by atoms with E-state index in [2.05, 4.69) is 10.3 Å². The van der Waals surface area contributed by atoms with Crippen molar-refractivity contribution in [2.24, 2.45) is 0 Å². The molecule has 1 heterocycles. The van der Waals surface area contributed by atoms with Gasteiger partial charge in [-0.2, -0.15) is 5.26 Å². The molecule has 0 spiro atoms. The highest BCUT2D eigenvalue weighted by molar-refractivity contribution is 5.90. The molecule has 0 atom stereocenters. The Balaban J connectivity index is 2.36. The van der Waals surface area contributed by atoms with Crippen LogP contribution in [0.4, 0.5) is 0 Å². The first kappa shape index (κ1) is 7.35. The Morgan fingerprint density at radius 2 is 2.64 bits per heavy atom. The fraction of sp³-hybridized carbons (Fsp3) is 0.143. The summed E-state index contributed by atoms with van der Waals surface area (Å²) in [6.07, 6.45) is 1.76. The maximum Gasteiger partial charge on any atom is 0.322 e. The summed E-state index contributed by atoms with van der Waals surface area (Å²) in [5, 5.41) is 10.5. The summed E-state index contributed by atoms with van der Waals surface area (Å²) in [5.74, 6) is -0.611. The smallest absolute Gasteiger partial charge is 0.322 e. The number of nitrogens with one attached hydrogen (secondary N) is 2. The summed E-state index contributed by atoms with van der Waals surface area (Å²) in [4.78, 5) is 13.3. The largest absolute Gasteiger partial charge is 0.364 e. The van der Waals surface area contributed by atoms with E-state index < -0.39 is 5.91 Å². The van der Waals surface area contributed by atoms with E-state index in [0.29, 0.717) is 6.54 Å². The quantitative estimate of drug-likeness (QED) is 0.588. The van der Waals surface area contributed by atoms with Gasteiger partial charge in [0.15, 0.2) is 6.07 Å². The Morgan fingerprint density at radius 1 is 1.82 bits per heavy atom. The highest BCUT2D eigenvalue weighted by Gasteiger charge is 1.96. The molecule has 1 aromatic heterocycles. The van der Waals surface area contributed by atoms with E-state index in [9.17, 15) is 4.79 Å². The van der Waals surface area contributed by atoms with Gasteiger partial charge in [0.05, 0.1) is 6.54 Å². The van der Waals surface area contributed by atoms with Crippen molar-refractivity contribution in [1.29, 1.82) is 5.26 Å². The normalized spacial score (nSPS) is 8.64. The number of carbonyl (C=O) groups is 1. The van der Waals surface area contributed by atoms with E-state index in [4.69, 9.17) is 5.26 Å². The summed E-state index contributed by atoms with van der Waals surface area (Å²) in [6, 6.07) is 5.12. The number of hydrogen-bond donors (Lipinski definition) is 2. The zero-order chi connectivity index (χ0) is 8.10. The van der Waals surface area contributed by atoms with E-state index in [-0.39, 0.29) is 0 Å². The van der Waals surface area contributed by atoms with Crippen molar-refractivity contribution in [2.75, 3.05) is 0 Å². The Kier molecular flexibility index (Phi) is 2.28. The first-order valence-electron chi connectivity index (χ1n) is 3.13. The minimum atomic E-state index is -0.611. The van der Waals surface area contributed by atoms with E-state index in [1.165, 1.54) is 6.07 Å². The summed E-state index contributed by atoms with van der Waals surface area (Å²) in [5.41, 5.74) is 0.883. The molecular formula is C7H7N3O. The van der Waals surface area contributed by atoms with Crippen LogP contribution in [0.15, 0.2) is 18.3 Å². The second-order valence-electron chi connectivity index (χ2n) is 1.99. The van der Waals surface area contributed by atoms with Crippen molar-refractivity contribution in [3.8, 4) is 6.07 Å². The fourth-order valence-corrected chi connectivity index (χ4v) is 0.693. The second-order valence-corrected chi connectivity index (χ2v) is 1.99. The van der Waals surface area contributed by atoms with Gasteiger partial charge in [-0.05, 0) is 12.1 Å². The van der Waals surface area contributed by atoms with Gasteiger partial charge in [0.1, 0.15) is 0 Å². The Morgan fingerprint density at radius 3 is 3.18 bits per heavy atom. The predicted octanol–water partition coefficient (Wildman–Crippen LogP) is 0.154. The number of rotatable bonds is 2. The lowest BCUT2D eigenvalue weighted by Gasteiger charge is -1.95. The van der Waals surface area contributed by atoms with Gasteiger partial charge >= 0.3 is 5.91 Å². The summed E-state index contributed by atoms with van der Waals surface area (Å²) in [7, 11) is 0. The molecule has 1 aromatic rings. The highest BCUT2D eigenvalue weighted by Crippen LogP contribution is 1.91. The van der Waals surface area contributed by atoms with Crippen molar-refractivity contribution in [1.82, 2.24) is 10.3 Å². The van der Waals surface area contributed by atoms with Gasteiger partial charge in [0, 0.05) is 11.9 Å². The van der Waals surface area contributed by atoms with Gasteiger partial charge in [0.25, 0.3) is 0 Å². The van der Waals surface area contributed by atoms with Gasteiger partial charge in [-0.3, -0.25) is 4.79 Å². The van der Waals surface area contributed by atoms with Crippen LogP contribution in [-0.2, 0) is 11.3 Å². The molecule has 4 heteroatoms. The van der Waals surface area contributed by atoms with E-state index in [0.717, 1.165) is 5.69 Å². The standard InChI is InChI=1S/C7H7N3O/c8-4-7(11)10-5-6-2-1-3-9-6/h1-3,9H,5H2,(H,10,11). The molecule has 1 rings (SSSR count). The van der Waals surface area contributed by atoms with Crippen molar-refractivity contribution in [3.05, 3.63) is 24.0 Å². The van der Waals surface area contributed by atoms with Crippen molar-refractivity contribution in [3.63, 3.8) is 0 Å². The van der Waals surface area contributed by atoms with Crippen LogP contribution in [0.3, 0.4) is 0 Å². The average Bonchev–Trinajstić information content (AvgIpc) is 2.52. The molecule has 56 valence electrons. The molecule has 0 aliphatic heterocycles. The van der Waals surface area contributed by atoms with Crippen molar-refractivity contribution in [2.45, 2.75) is 6.54 Å². The average molecular weight is 149 g/mol. The lowest BCUT2D eigenvalue weighted by atomic mass is 10.4. The van der Waals surface area contributed by atoms with Crippen molar-refractivity contribution < 1.29 is 4.79 Å². The van der Waals surface area contributed by atoms with Crippen LogP contribution in [0, 0.1) is 11.3 Å². The van der Waals surface area contributed by atoms with Gasteiger partial charge in [0.2, 0.25) is 0 Å². The third kappa shape index (κ3) is 2.14. The number of aromatic amines is 1. The van der Waals surface area contributed by atoms with Gasteiger partial charge in [-0.1, -0.05) is 0 Å². The van der Waals surface area contributed by atoms with Gasteiger partial charge in [-0.15, -0.1) is 0 Å². The van der Waals surface area contributed by atoms with E-state index >= 15 is 0 Å². The Bertz CT molecular complexity index is 270. The van der Waals surface area contributed by atoms with Crippen LogP contribution >= 0.6 is 0 Å². The van der Waals surface area contributed by atoms with Gasteiger partial charge < -0.3 is 10.3 Å². The fourth-order valence-electron chi connectivity index (χ4n) is 0.693. The predicted molar refractivity (Wildman–Crippen MR) is 38.3 cm³/mol. The molecule has 0 aliphatic carbocycles. The van der Waals surface area contributed by atoms with E-state index in [1.807, 2.05) is 12.1 Å². The van der Waals surface area contributed by atoms with E-state index in [1.54, 1.807) is 6.20 Å². The molecule has 0 saturated carbocycles. The topological polar surface area (TPSA) is 68.7 Å². The lowest BCUT2D eigenvalue weighted by Crippen LogP contribution is -2.20. The van der Waals surface area contributed by atoms with Crippen LogP contribution in [0.5, 0.6) is 0 Å². The first-order chi connectivity index (χ1) is 5.33. The number of aromatic nitrogens is 1. The molecule has 4 nitrogen and oxygen atoms in total. The van der Waals surface area contributed by atoms with Crippen molar-refractivity contribution >= 4 is 5.91 Å². The lowest BCUT2D eigenvalue weighted by molar-refractivity contribution is -0.116. The number of hydrogen-bond acceptors (Lipinski definition) is 2. The SMILES string of the molecule is N#CC(=O)NCc1ccc[nH]1. The number of H-pyrrole nitrogens is 1. The zero-order valence-electron chi connectivity index (χ0n) is 5.79. The van der Waals surface area contributed by atoms with Crippen LogP contribution in [-0.4, -0.2) is 10.9 Å². The van der Waals surface area contributed by atoms with Crippen LogP contribution in [0.2, 0.25) is 0 Å². The molecule has 2 N–H and O–H groups in total. The molecule has 0 aromatic carbocycles. The minimum Gasteiger partial charge on any atom is -0.364 e. The molecule has 1 amide bonds. The molecule has 0 aliphatic rings. The summed E-state index contributed by atoms with van der Waals surface area (Å²) < 4.78 is 0. The maximum atomic E-state index is 10.4. The summed E-state index contributed by atoms with van der Waals surface area (Å²) in [6.45, 7) is 0.374. The number of amides is 1. The third-order valence-corrected chi connectivity index (χ3v) is 1.20. The van der Waals surface area contributed by atoms with Crippen LogP contribution < -0.4 is 5.32 Å². The molecular weight excluding hydrogens is 142 g/mol. The van der Waals surface area contributed by atoms with Crippen LogP contribution in [0.1, 0.15) is 5.69 Å². The second kappa shape index (κ2) is 3.42. The maximum absolute atomic E-state index is 10.4. The molecule has 0 saturated heterocycles. The number of nitrogens with zero attached hydrogens (tertiary/aromatic N) is 1.